The first-order chi connectivity index (χ1) is 24.6. The minimum atomic E-state index is -0.906. The topological polar surface area (TPSA) is 90.4 Å². The van der Waals surface area contributed by atoms with Crippen LogP contribution in [0.15, 0.2) is 98.1 Å². The highest BCUT2D eigenvalue weighted by Gasteiger charge is 2.77. The standard InChI is InChI=1S/C42H49N3O5S/c1-7-21-43(31-17-19-33(20-18-31)50-9-3)39(47)36-35-24-29(6)42(51-35)37(36)40(48)45(32(26-46)25-30-13-11-10-12-14-30)38(42)41(49)44(22-8-2)34-23-27(4)15-16-28(34)5/h7-8,10-20,23,29,32,35-38,46H,1-2,9,21-22,24-26H2,3-6H3/t29?,32-,35-,36+,37+,38?,42?/m1/s1. The molecule has 7 atom stereocenters. The van der Waals surface area contributed by atoms with Crippen LogP contribution in [-0.2, 0) is 20.8 Å². The van der Waals surface area contributed by atoms with E-state index in [9.17, 15) is 9.90 Å². The summed E-state index contributed by atoms with van der Waals surface area (Å²) in [6.45, 7) is 16.7. The van der Waals surface area contributed by atoms with E-state index in [1.165, 1.54) is 0 Å². The molecule has 3 aromatic rings. The largest absolute Gasteiger partial charge is 0.494 e. The van der Waals surface area contributed by atoms with E-state index in [1.54, 1.807) is 38.6 Å². The fourth-order valence-electron chi connectivity index (χ4n) is 8.67. The van der Waals surface area contributed by atoms with Gasteiger partial charge in [-0.1, -0.05) is 61.5 Å². The van der Waals surface area contributed by atoms with Crippen molar-refractivity contribution >= 4 is 40.9 Å². The Morgan fingerprint density at radius 1 is 1.02 bits per heavy atom. The van der Waals surface area contributed by atoms with Crippen molar-refractivity contribution in [2.24, 2.45) is 17.8 Å². The third-order valence-corrected chi connectivity index (χ3v) is 13.0. The molecule has 2 bridgehead atoms. The van der Waals surface area contributed by atoms with Gasteiger partial charge in [-0.2, -0.15) is 0 Å². The van der Waals surface area contributed by atoms with Crippen molar-refractivity contribution in [1.29, 1.82) is 0 Å². The average molecular weight is 708 g/mol. The maximum absolute atomic E-state index is 15.4. The molecule has 3 unspecified atom stereocenters. The van der Waals surface area contributed by atoms with E-state index in [0.717, 1.165) is 22.4 Å². The van der Waals surface area contributed by atoms with Crippen LogP contribution in [0.5, 0.6) is 5.75 Å². The van der Waals surface area contributed by atoms with E-state index >= 15 is 9.59 Å². The van der Waals surface area contributed by atoms with Gasteiger partial charge >= 0.3 is 0 Å². The number of hydrogen-bond donors (Lipinski definition) is 1. The van der Waals surface area contributed by atoms with Gasteiger partial charge in [0.2, 0.25) is 11.8 Å². The fourth-order valence-corrected chi connectivity index (χ4v) is 11.1. The Morgan fingerprint density at radius 3 is 2.35 bits per heavy atom. The number of benzene rings is 3. The van der Waals surface area contributed by atoms with Gasteiger partial charge in [-0.3, -0.25) is 14.4 Å². The highest BCUT2D eigenvalue weighted by atomic mass is 32.2. The highest BCUT2D eigenvalue weighted by Crippen LogP contribution is 2.69. The number of aliphatic hydroxyl groups excluding tert-OH is 1. The van der Waals surface area contributed by atoms with Gasteiger partial charge in [0.15, 0.2) is 0 Å². The van der Waals surface area contributed by atoms with Crippen LogP contribution < -0.4 is 14.5 Å². The van der Waals surface area contributed by atoms with Crippen molar-refractivity contribution in [2.75, 3.05) is 36.1 Å². The maximum atomic E-state index is 15.4. The number of aliphatic hydroxyl groups is 1. The second kappa shape index (κ2) is 15.1. The third-order valence-electron chi connectivity index (χ3n) is 10.9. The van der Waals surface area contributed by atoms with Crippen molar-refractivity contribution in [3.63, 3.8) is 0 Å². The molecule has 0 aromatic heterocycles. The molecule has 3 saturated heterocycles. The molecule has 6 rings (SSSR count). The van der Waals surface area contributed by atoms with Crippen molar-refractivity contribution in [3.8, 4) is 5.75 Å². The zero-order valence-corrected chi connectivity index (χ0v) is 30.9. The van der Waals surface area contributed by atoms with Crippen LogP contribution in [0.3, 0.4) is 0 Å². The summed E-state index contributed by atoms with van der Waals surface area (Å²) in [5, 5.41) is 10.9. The quantitative estimate of drug-likeness (QED) is 0.196. The second-order valence-electron chi connectivity index (χ2n) is 14.0. The monoisotopic (exact) mass is 707 g/mol. The van der Waals surface area contributed by atoms with Crippen LogP contribution in [0.25, 0.3) is 0 Å². The van der Waals surface area contributed by atoms with Gasteiger partial charge in [-0.15, -0.1) is 24.9 Å². The Balaban J connectivity index is 1.47. The summed E-state index contributed by atoms with van der Waals surface area (Å²) in [5.41, 5.74) is 4.35. The number of carbonyl (C=O) groups is 3. The second-order valence-corrected chi connectivity index (χ2v) is 15.6. The molecule has 3 amide bonds. The summed E-state index contributed by atoms with van der Waals surface area (Å²) in [4.78, 5) is 50.6. The number of anilines is 2. The van der Waals surface area contributed by atoms with Gasteiger partial charge in [0.25, 0.3) is 5.91 Å². The van der Waals surface area contributed by atoms with E-state index in [4.69, 9.17) is 4.74 Å². The third kappa shape index (κ3) is 6.40. The molecule has 1 N–H and O–H groups in total. The number of nitrogens with zero attached hydrogens (tertiary/aromatic N) is 3. The summed E-state index contributed by atoms with van der Waals surface area (Å²) in [6, 6.07) is 21.6. The summed E-state index contributed by atoms with van der Waals surface area (Å²) in [6.07, 6.45) is 4.47. The molecular weight excluding hydrogens is 659 g/mol. The van der Waals surface area contributed by atoms with Gasteiger partial charge in [-0.05, 0) is 86.6 Å². The zero-order chi connectivity index (χ0) is 36.4. The van der Waals surface area contributed by atoms with Crippen LogP contribution in [0, 0.1) is 31.6 Å². The van der Waals surface area contributed by atoms with Crippen molar-refractivity contribution < 1.29 is 24.2 Å². The number of aryl methyl sites for hydroxylation is 2. The Labute approximate surface area is 306 Å². The van der Waals surface area contributed by atoms with Crippen LogP contribution in [-0.4, -0.2) is 76.1 Å². The van der Waals surface area contributed by atoms with Crippen molar-refractivity contribution in [3.05, 3.63) is 115 Å². The summed E-state index contributed by atoms with van der Waals surface area (Å²) in [7, 11) is 0. The molecule has 51 heavy (non-hydrogen) atoms. The summed E-state index contributed by atoms with van der Waals surface area (Å²) >= 11 is 1.64. The zero-order valence-electron chi connectivity index (χ0n) is 30.0. The molecule has 0 radical (unpaired) electrons. The lowest BCUT2D eigenvalue weighted by molar-refractivity contribution is -0.141. The Kier molecular flexibility index (Phi) is 10.8. The Morgan fingerprint density at radius 2 is 1.71 bits per heavy atom. The highest BCUT2D eigenvalue weighted by molar-refractivity contribution is 8.02. The smallest absolute Gasteiger partial charge is 0.251 e. The van der Waals surface area contributed by atoms with E-state index in [1.807, 2.05) is 93.6 Å². The van der Waals surface area contributed by atoms with E-state index in [-0.39, 0.29) is 48.6 Å². The number of thioether (sulfide) groups is 1. The summed E-state index contributed by atoms with van der Waals surface area (Å²) < 4.78 is 4.77. The maximum Gasteiger partial charge on any atom is 0.251 e. The van der Waals surface area contributed by atoms with Crippen molar-refractivity contribution in [2.45, 2.75) is 62.6 Å². The predicted molar refractivity (Wildman–Crippen MR) is 205 cm³/mol. The first-order valence-corrected chi connectivity index (χ1v) is 18.8. The molecule has 268 valence electrons. The normalized spacial score (nSPS) is 25.3. The summed E-state index contributed by atoms with van der Waals surface area (Å²) in [5.74, 6) is -1.35. The molecule has 9 heteroatoms. The van der Waals surface area contributed by atoms with Crippen LogP contribution in [0.4, 0.5) is 11.4 Å². The molecule has 3 aromatic carbocycles. The molecule has 3 heterocycles. The SMILES string of the molecule is C=CCN(C(=O)[C@@H]1[C@H]2C(=O)N([C@@H](CO)Cc3ccccc3)C(C(=O)N(CC=C)c3cc(C)ccc3C)C23S[C@@H]1CC3C)c1ccc(OCC)cc1. The lowest BCUT2D eigenvalue weighted by atomic mass is 9.65. The van der Waals surface area contributed by atoms with Crippen LogP contribution in [0.1, 0.15) is 37.0 Å². The number of hydrogen-bond acceptors (Lipinski definition) is 6. The Hall–Kier alpha value is -4.34. The molecule has 3 fully saturated rings. The molecule has 1 spiro atoms. The predicted octanol–water partition coefficient (Wildman–Crippen LogP) is 6.38. The van der Waals surface area contributed by atoms with E-state index in [2.05, 4.69) is 20.1 Å². The first-order valence-electron chi connectivity index (χ1n) is 17.9. The van der Waals surface area contributed by atoms with Gasteiger partial charge < -0.3 is 24.5 Å². The lowest BCUT2D eigenvalue weighted by Gasteiger charge is -2.42. The number of carbonyl (C=O) groups excluding carboxylic acids is 3. The number of rotatable bonds is 14. The van der Waals surface area contributed by atoms with Gasteiger partial charge in [0.05, 0.1) is 35.8 Å². The van der Waals surface area contributed by atoms with E-state index in [0.29, 0.717) is 30.9 Å². The van der Waals surface area contributed by atoms with Gasteiger partial charge in [-0.25, -0.2) is 0 Å². The number of fused-ring (bicyclic) bond motifs is 1. The van der Waals surface area contributed by atoms with Crippen LogP contribution >= 0.6 is 11.8 Å². The molecule has 0 aliphatic carbocycles. The lowest BCUT2D eigenvalue weighted by Crippen LogP contribution is -2.60. The van der Waals surface area contributed by atoms with Gasteiger partial charge in [0, 0.05) is 29.7 Å². The molecular formula is C42H49N3O5S. The van der Waals surface area contributed by atoms with E-state index < -0.39 is 28.7 Å². The minimum Gasteiger partial charge on any atom is -0.494 e. The number of likely N-dealkylation sites (tertiary alicyclic amines) is 1. The molecule has 8 nitrogen and oxygen atoms in total. The fraction of sp³-hybridized carbons (Fsp3) is 0.405. The number of amides is 3. The molecule has 0 saturated carbocycles. The molecule has 3 aliphatic heterocycles. The Bertz CT molecular complexity index is 1780. The molecule has 3 aliphatic rings. The van der Waals surface area contributed by atoms with Crippen molar-refractivity contribution in [1.82, 2.24) is 4.90 Å². The number of ether oxygens (including phenoxy) is 1. The minimum absolute atomic E-state index is 0.0389. The van der Waals surface area contributed by atoms with Crippen LogP contribution in [0.2, 0.25) is 0 Å². The van der Waals surface area contributed by atoms with Gasteiger partial charge in [0.1, 0.15) is 11.8 Å². The first kappa shape index (κ1) is 36.5. The average Bonchev–Trinajstić information content (AvgIpc) is 3.73.